The number of carbonyl (C=O) groups is 3. The molecule has 0 saturated carbocycles. The number of carbonyl (C=O) groups excluding carboxylic acids is 2. The van der Waals surface area contributed by atoms with Crippen LogP contribution in [0.2, 0.25) is 0 Å². The number of nitrogens with one attached hydrogen (secondary N) is 2. The fourth-order valence-corrected chi connectivity index (χ4v) is 1.06. The molecule has 1 aromatic rings. The molecule has 0 aliphatic carbocycles. The third-order valence-electron chi connectivity index (χ3n) is 2.10. The monoisotopic (exact) mass is 271 g/mol. The molecule has 3 N–H and O–H groups in total. The number of amides is 3. The molecule has 1 aromatic heterocycles. The van der Waals surface area contributed by atoms with Crippen molar-refractivity contribution in [3.05, 3.63) is 11.3 Å². The predicted molar refractivity (Wildman–Crippen MR) is 61.6 cm³/mol. The number of aromatic nitrogens is 1. The molecule has 0 unspecified atom stereocenters. The molecule has 0 spiro atoms. The van der Waals surface area contributed by atoms with Gasteiger partial charge in [-0.15, -0.1) is 0 Å². The van der Waals surface area contributed by atoms with E-state index in [1.54, 1.807) is 13.8 Å². The van der Waals surface area contributed by atoms with E-state index in [0.29, 0.717) is 11.3 Å². The van der Waals surface area contributed by atoms with Gasteiger partial charge in [-0.25, -0.2) is 9.59 Å². The van der Waals surface area contributed by atoms with Gasteiger partial charge in [0.1, 0.15) is 13.2 Å². The Morgan fingerprint density at radius 1 is 1.32 bits per heavy atom. The molecule has 9 nitrogen and oxygen atoms in total. The third kappa shape index (κ3) is 4.76. The summed E-state index contributed by atoms with van der Waals surface area (Å²) in [5, 5.41) is 16.1. The molecule has 0 aromatic carbocycles. The Balaban J connectivity index is 2.37. The predicted octanol–water partition coefficient (Wildman–Crippen LogP) is 0.0407. The van der Waals surface area contributed by atoms with Crippen LogP contribution in [0.5, 0.6) is 0 Å². The minimum absolute atomic E-state index is 0.134. The van der Waals surface area contributed by atoms with Crippen LogP contribution in [0.15, 0.2) is 4.52 Å². The summed E-state index contributed by atoms with van der Waals surface area (Å²) in [6.07, 6.45) is 0. The van der Waals surface area contributed by atoms with E-state index < -0.39 is 31.1 Å². The van der Waals surface area contributed by atoms with Gasteiger partial charge in [0.25, 0.3) is 5.91 Å². The van der Waals surface area contributed by atoms with E-state index in [0.717, 1.165) is 0 Å². The highest BCUT2D eigenvalue weighted by Crippen LogP contribution is 2.16. The molecule has 0 bridgehead atoms. The number of imide groups is 1. The number of aryl methyl sites for hydroxylation is 1. The molecule has 9 heteroatoms. The molecular weight excluding hydrogens is 258 g/mol. The lowest BCUT2D eigenvalue weighted by molar-refractivity contribution is -0.143. The van der Waals surface area contributed by atoms with Crippen molar-refractivity contribution in [2.75, 3.05) is 18.5 Å². The number of hydrogen-bond donors (Lipinski definition) is 3. The molecule has 0 saturated heterocycles. The van der Waals surface area contributed by atoms with Crippen molar-refractivity contribution in [2.24, 2.45) is 0 Å². The number of hydrogen-bond acceptors (Lipinski definition) is 6. The Kier molecular flexibility index (Phi) is 5.01. The maximum atomic E-state index is 11.4. The number of carboxylic acid groups (broad SMARTS) is 1. The summed E-state index contributed by atoms with van der Waals surface area (Å²) in [6, 6.07) is -0.817. The summed E-state index contributed by atoms with van der Waals surface area (Å²) in [5.74, 6) is -1.84. The molecule has 0 aliphatic heterocycles. The lowest BCUT2D eigenvalue weighted by atomic mass is 10.3. The molecule has 3 amide bonds. The molecule has 104 valence electrons. The van der Waals surface area contributed by atoms with Crippen LogP contribution >= 0.6 is 0 Å². The fraction of sp³-hybridized carbons (Fsp3) is 0.400. The molecule has 1 rings (SSSR count). The molecule has 1 heterocycles. The lowest BCUT2D eigenvalue weighted by Gasteiger charge is -2.04. The van der Waals surface area contributed by atoms with E-state index in [-0.39, 0.29) is 5.88 Å². The molecule has 0 atom stereocenters. The summed E-state index contributed by atoms with van der Waals surface area (Å²) in [5.41, 5.74) is 1.26. The first-order valence-electron chi connectivity index (χ1n) is 5.23. The van der Waals surface area contributed by atoms with Gasteiger partial charge >= 0.3 is 12.0 Å². The lowest BCUT2D eigenvalue weighted by Crippen LogP contribution is -2.37. The Morgan fingerprint density at radius 2 is 2.00 bits per heavy atom. The maximum absolute atomic E-state index is 11.4. The number of ether oxygens (including phenoxy) is 1. The van der Waals surface area contributed by atoms with Gasteiger partial charge in [-0.05, 0) is 13.8 Å². The third-order valence-corrected chi connectivity index (χ3v) is 2.10. The second kappa shape index (κ2) is 6.50. The second-order valence-corrected chi connectivity index (χ2v) is 3.61. The van der Waals surface area contributed by atoms with E-state index >= 15 is 0 Å². The summed E-state index contributed by atoms with van der Waals surface area (Å²) < 4.78 is 9.33. The van der Waals surface area contributed by atoms with Gasteiger partial charge in [0.05, 0.1) is 5.69 Å². The molecular formula is C10H13N3O6. The number of anilines is 1. The summed E-state index contributed by atoms with van der Waals surface area (Å²) in [4.78, 5) is 32.7. The van der Waals surface area contributed by atoms with Crippen LogP contribution in [0.4, 0.5) is 10.7 Å². The maximum Gasteiger partial charge on any atom is 0.329 e. The van der Waals surface area contributed by atoms with Crippen LogP contribution in [0.1, 0.15) is 11.3 Å². The fourth-order valence-electron chi connectivity index (χ4n) is 1.06. The number of nitrogens with zero attached hydrogens (tertiary/aromatic N) is 1. The first-order valence-corrected chi connectivity index (χ1v) is 5.23. The molecule has 0 aliphatic rings. The van der Waals surface area contributed by atoms with Crippen LogP contribution < -0.4 is 10.6 Å². The van der Waals surface area contributed by atoms with E-state index in [4.69, 9.17) is 9.63 Å². The van der Waals surface area contributed by atoms with Crippen molar-refractivity contribution < 1.29 is 28.8 Å². The van der Waals surface area contributed by atoms with Crippen LogP contribution in [-0.4, -0.2) is 41.4 Å². The van der Waals surface area contributed by atoms with Gasteiger partial charge in [-0.1, -0.05) is 5.16 Å². The minimum atomic E-state index is -1.20. The average Bonchev–Trinajstić information content (AvgIpc) is 2.60. The Morgan fingerprint density at radius 3 is 2.53 bits per heavy atom. The van der Waals surface area contributed by atoms with Crippen molar-refractivity contribution in [1.82, 2.24) is 10.5 Å². The van der Waals surface area contributed by atoms with Gasteiger partial charge in [0.2, 0.25) is 5.88 Å². The van der Waals surface area contributed by atoms with Crippen molar-refractivity contribution >= 4 is 23.8 Å². The normalized spacial score (nSPS) is 10.0. The van der Waals surface area contributed by atoms with Crippen molar-refractivity contribution in [3.63, 3.8) is 0 Å². The van der Waals surface area contributed by atoms with E-state index in [1.807, 2.05) is 5.32 Å². The smallest absolute Gasteiger partial charge is 0.329 e. The SMILES string of the molecule is Cc1noc(NC(=O)NC(=O)COCC(=O)O)c1C. The zero-order valence-corrected chi connectivity index (χ0v) is 10.3. The number of carboxylic acids is 1. The highest BCUT2D eigenvalue weighted by molar-refractivity contribution is 6.01. The van der Waals surface area contributed by atoms with E-state index in [9.17, 15) is 14.4 Å². The van der Waals surface area contributed by atoms with Crippen LogP contribution in [-0.2, 0) is 14.3 Å². The molecule has 0 fully saturated rings. The minimum Gasteiger partial charge on any atom is -0.480 e. The second-order valence-electron chi connectivity index (χ2n) is 3.61. The zero-order chi connectivity index (χ0) is 14.4. The first kappa shape index (κ1) is 14.6. The van der Waals surface area contributed by atoms with Gasteiger partial charge < -0.3 is 14.4 Å². The van der Waals surface area contributed by atoms with Crippen molar-refractivity contribution in [2.45, 2.75) is 13.8 Å². The largest absolute Gasteiger partial charge is 0.480 e. The highest BCUT2D eigenvalue weighted by Gasteiger charge is 2.14. The van der Waals surface area contributed by atoms with Gasteiger partial charge in [-0.3, -0.25) is 15.4 Å². The number of urea groups is 1. The zero-order valence-electron chi connectivity index (χ0n) is 10.3. The Labute approximate surface area is 107 Å². The standard InChI is InChI=1S/C10H13N3O6/c1-5-6(2)13-19-9(5)12-10(17)11-7(14)3-18-4-8(15)16/h3-4H2,1-2H3,(H,15,16)(H2,11,12,14,17). The Bertz CT molecular complexity index is 495. The highest BCUT2D eigenvalue weighted by atomic mass is 16.5. The molecule has 0 radical (unpaired) electrons. The number of aliphatic carboxylic acids is 1. The van der Waals surface area contributed by atoms with E-state index in [2.05, 4.69) is 15.2 Å². The van der Waals surface area contributed by atoms with Crippen molar-refractivity contribution in [3.8, 4) is 0 Å². The van der Waals surface area contributed by atoms with Gasteiger partial charge in [-0.2, -0.15) is 0 Å². The van der Waals surface area contributed by atoms with Gasteiger partial charge in [0, 0.05) is 5.56 Å². The first-order chi connectivity index (χ1) is 8.90. The van der Waals surface area contributed by atoms with Crippen molar-refractivity contribution in [1.29, 1.82) is 0 Å². The molecule has 19 heavy (non-hydrogen) atoms. The van der Waals surface area contributed by atoms with Gasteiger partial charge in [0.15, 0.2) is 0 Å². The average molecular weight is 271 g/mol. The number of rotatable bonds is 5. The summed E-state index contributed by atoms with van der Waals surface area (Å²) in [7, 11) is 0. The van der Waals surface area contributed by atoms with Crippen LogP contribution in [0.3, 0.4) is 0 Å². The quantitative estimate of drug-likeness (QED) is 0.689. The topological polar surface area (TPSA) is 131 Å². The Hall–Kier alpha value is -2.42. The summed E-state index contributed by atoms with van der Waals surface area (Å²) in [6.45, 7) is 2.25. The van der Waals surface area contributed by atoms with Crippen LogP contribution in [0, 0.1) is 13.8 Å². The van der Waals surface area contributed by atoms with E-state index in [1.165, 1.54) is 0 Å². The summed E-state index contributed by atoms with van der Waals surface area (Å²) >= 11 is 0. The van der Waals surface area contributed by atoms with Crippen LogP contribution in [0.25, 0.3) is 0 Å².